The number of nitrogens with zero attached hydrogens (tertiary/aromatic N) is 6. The fourth-order valence-electron chi connectivity index (χ4n) is 6.84. The van der Waals surface area contributed by atoms with Crippen molar-refractivity contribution in [2.75, 3.05) is 19.6 Å². The van der Waals surface area contributed by atoms with Gasteiger partial charge < -0.3 is 5.32 Å². The summed E-state index contributed by atoms with van der Waals surface area (Å²) < 4.78 is 42.2. The number of alkyl halides is 2. The Balaban J connectivity index is 1.09. The summed E-state index contributed by atoms with van der Waals surface area (Å²) in [5, 5.41) is 22.6. The van der Waals surface area contributed by atoms with Crippen LogP contribution < -0.4 is 5.32 Å². The Morgan fingerprint density at radius 2 is 1.95 bits per heavy atom. The molecule has 37 heavy (non-hydrogen) atoms. The predicted molar refractivity (Wildman–Crippen MR) is 131 cm³/mol. The average molecular weight is 530 g/mol. The molecule has 7 nitrogen and oxygen atoms in total. The van der Waals surface area contributed by atoms with Crippen LogP contribution in [0.15, 0.2) is 40.4 Å². The number of rotatable bonds is 4. The highest BCUT2D eigenvalue weighted by Crippen LogP contribution is 2.57. The molecule has 0 bridgehead atoms. The molecule has 1 aromatic heterocycles. The molecule has 3 fully saturated rings. The van der Waals surface area contributed by atoms with Gasteiger partial charge in [0.15, 0.2) is 5.82 Å². The number of halogens is 4. The van der Waals surface area contributed by atoms with Gasteiger partial charge >= 0.3 is 0 Å². The monoisotopic (exact) mass is 529 g/mol. The van der Waals surface area contributed by atoms with E-state index in [4.69, 9.17) is 11.6 Å². The molecule has 1 N–H and O–H groups in total. The minimum atomic E-state index is -2.86. The van der Waals surface area contributed by atoms with Crippen LogP contribution in [0.1, 0.15) is 56.1 Å². The molecular weight excluding hydrogens is 503 g/mol. The zero-order valence-electron chi connectivity index (χ0n) is 20.2. The molecular formula is C26H27ClF3N7. The lowest BCUT2D eigenvalue weighted by Crippen LogP contribution is -2.66. The highest BCUT2D eigenvalue weighted by atomic mass is 35.5. The molecule has 1 unspecified atom stereocenters. The molecule has 0 aromatic carbocycles. The second kappa shape index (κ2) is 8.19. The molecule has 4 heterocycles. The van der Waals surface area contributed by atoms with Gasteiger partial charge in [-0.05, 0) is 67.7 Å². The number of hydrogen-bond donors (Lipinski definition) is 1. The number of allylic oxidation sites excluding steroid dienone is 5. The van der Waals surface area contributed by atoms with Crippen LogP contribution >= 0.6 is 11.6 Å². The van der Waals surface area contributed by atoms with Gasteiger partial charge in [-0.25, -0.2) is 13.2 Å². The fourth-order valence-corrected chi connectivity index (χ4v) is 7.07. The van der Waals surface area contributed by atoms with Gasteiger partial charge in [-0.2, -0.15) is 5.26 Å². The molecule has 1 saturated heterocycles. The van der Waals surface area contributed by atoms with Crippen LogP contribution in [0.3, 0.4) is 0 Å². The highest BCUT2D eigenvalue weighted by molar-refractivity contribution is 6.30. The Morgan fingerprint density at radius 1 is 1.16 bits per heavy atom. The van der Waals surface area contributed by atoms with Crippen molar-refractivity contribution in [3.8, 4) is 6.07 Å². The van der Waals surface area contributed by atoms with Crippen molar-refractivity contribution >= 4 is 17.3 Å². The van der Waals surface area contributed by atoms with E-state index < -0.39 is 29.7 Å². The van der Waals surface area contributed by atoms with Gasteiger partial charge in [0.25, 0.3) is 6.43 Å². The molecule has 0 amide bonds. The third-order valence-electron chi connectivity index (χ3n) is 8.96. The van der Waals surface area contributed by atoms with Crippen LogP contribution in [-0.4, -0.2) is 62.3 Å². The van der Waals surface area contributed by atoms with Crippen LogP contribution in [-0.2, 0) is 6.54 Å². The Kier molecular flexibility index (Phi) is 5.20. The maximum atomic E-state index is 13.7. The zero-order valence-corrected chi connectivity index (χ0v) is 21.0. The van der Waals surface area contributed by atoms with Gasteiger partial charge in [-0.15, -0.1) is 10.2 Å². The quantitative estimate of drug-likeness (QED) is 0.624. The standard InChI is InChI=1S/C26H27ClF3N7/c27-17-1-3-19-15(7-17)10-36(26(12-31)5-6-26)11-21-33-34-24(37(19)21)16-8-25(9-16)13-35(14-25)20-4-2-18(28)22(32-20)23(29)30/h2,4,7,16,20,23,32H,1,3,5-6,8-11,13-14H2. The van der Waals surface area contributed by atoms with Gasteiger partial charge in [0.2, 0.25) is 0 Å². The summed E-state index contributed by atoms with van der Waals surface area (Å²) in [6, 6.07) is 2.52. The average Bonchev–Trinajstić information content (AvgIpc) is 3.55. The Hall–Kier alpha value is -2.61. The minimum Gasteiger partial charge on any atom is -0.363 e. The Labute approximate surface area is 217 Å². The van der Waals surface area contributed by atoms with E-state index >= 15 is 0 Å². The number of nitriles is 1. The zero-order chi connectivity index (χ0) is 25.5. The molecule has 0 radical (unpaired) electrons. The predicted octanol–water partition coefficient (Wildman–Crippen LogP) is 4.39. The second-order valence-electron chi connectivity index (χ2n) is 11.4. The first-order valence-electron chi connectivity index (χ1n) is 12.9. The fraction of sp³-hybridized carbons (Fsp3) is 0.577. The maximum Gasteiger partial charge on any atom is 0.280 e. The summed E-state index contributed by atoms with van der Waals surface area (Å²) >= 11 is 6.44. The Morgan fingerprint density at radius 3 is 2.65 bits per heavy atom. The van der Waals surface area contributed by atoms with Crippen LogP contribution in [0.25, 0.3) is 5.70 Å². The SMILES string of the molecule is N#CC1(N2CC3=C(CCC(Cl)=C3)n3c(nnc3C3CC4(C3)CN(C3C=CC(F)=C(C(F)F)N3)C4)C2)CC1. The van der Waals surface area contributed by atoms with Gasteiger partial charge in [0.1, 0.15) is 22.9 Å². The second-order valence-corrected chi connectivity index (χ2v) is 11.9. The summed E-state index contributed by atoms with van der Waals surface area (Å²) in [5.41, 5.74) is 1.41. The first kappa shape index (κ1) is 23.5. The summed E-state index contributed by atoms with van der Waals surface area (Å²) in [6.45, 7) is 2.81. The van der Waals surface area contributed by atoms with E-state index in [1.165, 1.54) is 5.70 Å². The van der Waals surface area contributed by atoms with Gasteiger partial charge in [-0.1, -0.05) is 11.6 Å². The molecule has 11 heteroatoms. The van der Waals surface area contributed by atoms with E-state index in [1.807, 2.05) is 0 Å². The van der Waals surface area contributed by atoms with Crippen molar-refractivity contribution in [1.82, 2.24) is 29.9 Å². The smallest absolute Gasteiger partial charge is 0.280 e. The largest absolute Gasteiger partial charge is 0.363 e. The van der Waals surface area contributed by atoms with E-state index in [9.17, 15) is 18.4 Å². The molecule has 1 atom stereocenters. The van der Waals surface area contributed by atoms with Gasteiger partial charge in [-0.3, -0.25) is 14.4 Å². The molecule has 6 aliphatic rings. The molecule has 1 aromatic rings. The number of likely N-dealkylation sites (tertiary alicyclic amines) is 1. The minimum absolute atomic E-state index is 0.125. The lowest BCUT2D eigenvalue weighted by molar-refractivity contribution is -0.0928. The number of dihydropyridines is 1. The van der Waals surface area contributed by atoms with E-state index in [-0.39, 0.29) is 11.3 Å². The van der Waals surface area contributed by atoms with Crippen molar-refractivity contribution in [1.29, 1.82) is 5.26 Å². The Bertz CT molecular complexity index is 1320. The van der Waals surface area contributed by atoms with Crippen LogP contribution in [0.2, 0.25) is 0 Å². The third-order valence-corrected chi connectivity index (χ3v) is 9.25. The number of nitrogens with one attached hydrogen (secondary N) is 1. The lowest BCUT2D eigenvalue weighted by atomic mass is 9.57. The molecule has 194 valence electrons. The van der Waals surface area contributed by atoms with E-state index in [1.54, 1.807) is 6.08 Å². The molecule has 3 aliphatic heterocycles. The van der Waals surface area contributed by atoms with Crippen molar-refractivity contribution in [3.05, 3.63) is 52.0 Å². The number of fused-ring (bicyclic) bond motifs is 2. The van der Waals surface area contributed by atoms with Crippen molar-refractivity contribution < 1.29 is 13.2 Å². The van der Waals surface area contributed by atoms with Crippen molar-refractivity contribution in [2.45, 2.75) is 69.1 Å². The summed E-state index contributed by atoms with van der Waals surface area (Å²) in [5.74, 6) is 1.22. The topological polar surface area (TPSA) is 73.0 Å². The molecule has 1 spiro atoms. The van der Waals surface area contributed by atoms with Crippen LogP contribution in [0.5, 0.6) is 0 Å². The van der Waals surface area contributed by atoms with E-state index in [0.29, 0.717) is 13.1 Å². The van der Waals surface area contributed by atoms with Crippen molar-refractivity contribution in [2.24, 2.45) is 5.41 Å². The first-order chi connectivity index (χ1) is 17.8. The summed E-state index contributed by atoms with van der Waals surface area (Å²) in [7, 11) is 0. The number of hydrogen-bond acceptors (Lipinski definition) is 6. The van der Waals surface area contributed by atoms with E-state index in [0.717, 1.165) is 79.9 Å². The molecule has 2 saturated carbocycles. The summed E-state index contributed by atoms with van der Waals surface area (Å²) in [6.07, 6.45) is 6.78. The van der Waals surface area contributed by atoms with Crippen molar-refractivity contribution in [3.63, 3.8) is 0 Å². The van der Waals surface area contributed by atoms with Crippen LogP contribution in [0, 0.1) is 16.7 Å². The summed E-state index contributed by atoms with van der Waals surface area (Å²) in [4.78, 5) is 4.31. The number of aromatic nitrogens is 3. The lowest BCUT2D eigenvalue weighted by Gasteiger charge is -2.60. The van der Waals surface area contributed by atoms with Crippen LogP contribution in [0.4, 0.5) is 13.2 Å². The van der Waals surface area contributed by atoms with E-state index in [2.05, 4.69) is 42.0 Å². The van der Waals surface area contributed by atoms with Gasteiger partial charge in [0.05, 0.1) is 18.8 Å². The first-order valence-corrected chi connectivity index (χ1v) is 13.2. The normalized spacial score (nSPS) is 28.6. The highest BCUT2D eigenvalue weighted by Gasteiger charge is 2.56. The third kappa shape index (κ3) is 3.69. The maximum absolute atomic E-state index is 13.7. The molecule has 7 rings (SSSR count). The molecule has 3 aliphatic carbocycles. The van der Waals surface area contributed by atoms with Gasteiger partial charge in [0, 0.05) is 36.3 Å².